The van der Waals surface area contributed by atoms with Crippen molar-refractivity contribution in [3.05, 3.63) is 59.7 Å². The largest absolute Gasteiger partial charge is 0.496 e. The molecule has 0 saturated heterocycles. The molecule has 26 heavy (non-hydrogen) atoms. The van der Waals surface area contributed by atoms with Crippen LogP contribution < -0.4 is 10.1 Å². The van der Waals surface area contributed by atoms with Crippen molar-refractivity contribution in [3.63, 3.8) is 0 Å². The van der Waals surface area contributed by atoms with Crippen LogP contribution in [0.5, 0.6) is 5.75 Å². The molecule has 2 aromatic carbocycles. The zero-order valence-corrected chi connectivity index (χ0v) is 16.2. The third-order valence-electron chi connectivity index (χ3n) is 4.13. The average molecular weight is 376 g/mol. The molecule has 0 unspecified atom stereocenters. The molecule has 7 heteroatoms. The minimum absolute atomic E-state index is 0.0960. The van der Waals surface area contributed by atoms with Gasteiger partial charge in [0.25, 0.3) is 5.91 Å². The number of hydrogen-bond donors (Lipinski definition) is 1. The van der Waals surface area contributed by atoms with Gasteiger partial charge in [0.15, 0.2) is 0 Å². The topological polar surface area (TPSA) is 75.7 Å². The van der Waals surface area contributed by atoms with E-state index >= 15 is 0 Å². The summed E-state index contributed by atoms with van der Waals surface area (Å²) in [7, 11) is -0.547. The van der Waals surface area contributed by atoms with E-state index in [-0.39, 0.29) is 29.0 Å². The maximum atomic E-state index is 12.6. The lowest BCUT2D eigenvalue weighted by Gasteiger charge is -2.21. The molecule has 0 aliphatic rings. The second-order valence-corrected chi connectivity index (χ2v) is 8.13. The summed E-state index contributed by atoms with van der Waals surface area (Å²) in [5.41, 5.74) is 1.13. The molecular weight excluding hydrogens is 352 g/mol. The van der Waals surface area contributed by atoms with Crippen LogP contribution in [-0.4, -0.2) is 38.8 Å². The van der Waals surface area contributed by atoms with Gasteiger partial charge in [-0.1, -0.05) is 24.3 Å². The molecule has 1 amide bonds. The first-order valence-electron chi connectivity index (χ1n) is 8.25. The predicted molar refractivity (Wildman–Crippen MR) is 101 cm³/mol. The normalized spacial score (nSPS) is 11.6. The Morgan fingerprint density at radius 3 is 2.50 bits per heavy atom. The monoisotopic (exact) mass is 376 g/mol. The van der Waals surface area contributed by atoms with Gasteiger partial charge in [0.1, 0.15) is 5.75 Å². The van der Waals surface area contributed by atoms with Crippen LogP contribution in [0.4, 0.5) is 0 Å². The maximum Gasteiger partial charge on any atom is 0.251 e. The highest BCUT2D eigenvalue weighted by Crippen LogP contribution is 2.19. The van der Waals surface area contributed by atoms with Crippen molar-refractivity contribution >= 4 is 15.9 Å². The molecular formula is C19H24N2O4S. The van der Waals surface area contributed by atoms with Crippen molar-refractivity contribution in [2.45, 2.75) is 31.3 Å². The molecule has 2 aromatic rings. The summed E-state index contributed by atoms with van der Waals surface area (Å²) in [6.07, 6.45) is 0. The van der Waals surface area contributed by atoms with Gasteiger partial charge in [-0.15, -0.1) is 0 Å². The molecule has 0 aliphatic heterocycles. The van der Waals surface area contributed by atoms with Crippen LogP contribution >= 0.6 is 0 Å². The summed E-state index contributed by atoms with van der Waals surface area (Å²) >= 11 is 0. The predicted octanol–water partition coefficient (Wildman–Crippen LogP) is 2.65. The lowest BCUT2D eigenvalue weighted by atomic mass is 10.2. The van der Waals surface area contributed by atoms with E-state index in [9.17, 15) is 13.2 Å². The Labute approximate surface area is 154 Å². The van der Waals surface area contributed by atoms with Gasteiger partial charge < -0.3 is 10.1 Å². The zero-order chi connectivity index (χ0) is 19.3. The minimum atomic E-state index is -3.64. The Hall–Kier alpha value is -2.38. The van der Waals surface area contributed by atoms with Crippen molar-refractivity contribution in [2.24, 2.45) is 0 Å². The molecule has 0 aliphatic carbocycles. The third-order valence-corrected chi connectivity index (χ3v) is 6.16. The number of carbonyl (C=O) groups is 1. The molecule has 0 atom stereocenters. The van der Waals surface area contributed by atoms with Crippen LogP contribution in [-0.2, 0) is 16.6 Å². The van der Waals surface area contributed by atoms with Crippen molar-refractivity contribution in [1.82, 2.24) is 9.62 Å². The molecule has 2 rings (SSSR count). The smallest absolute Gasteiger partial charge is 0.251 e. The number of methoxy groups -OCH3 is 1. The van der Waals surface area contributed by atoms with Crippen molar-refractivity contribution in [1.29, 1.82) is 0 Å². The number of benzene rings is 2. The highest BCUT2D eigenvalue weighted by molar-refractivity contribution is 7.89. The molecule has 0 bridgehead atoms. The number of hydrogen-bond acceptors (Lipinski definition) is 4. The molecule has 0 fully saturated rings. The summed E-state index contributed by atoms with van der Waals surface area (Å²) in [6.45, 7) is 3.87. The van der Waals surface area contributed by atoms with Crippen LogP contribution in [0.2, 0.25) is 0 Å². The van der Waals surface area contributed by atoms with Gasteiger partial charge in [0, 0.05) is 30.8 Å². The van der Waals surface area contributed by atoms with E-state index in [1.807, 2.05) is 24.3 Å². The minimum Gasteiger partial charge on any atom is -0.496 e. The summed E-state index contributed by atoms with van der Waals surface area (Å²) in [4.78, 5) is 12.5. The Morgan fingerprint density at radius 2 is 1.85 bits per heavy atom. The van der Waals surface area contributed by atoms with Crippen LogP contribution in [0.1, 0.15) is 29.8 Å². The molecule has 1 N–H and O–H groups in total. The lowest BCUT2D eigenvalue weighted by molar-refractivity contribution is 0.0950. The Kier molecular flexibility index (Phi) is 6.39. The fourth-order valence-electron chi connectivity index (χ4n) is 2.37. The fourth-order valence-corrected chi connectivity index (χ4v) is 3.78. The molecule has 0 saturated carbocycles. The molecule has 0 spiro atoms. The van der Waals surface area contributed by atoms with E-state index in [0.717, 1.165) is 5.56 Å². The second kappa shape index (κ2) is 8.33. The average Bonchev–Trinajstić information content (AvgIpc) is 2.65. The van der Waals surface area contributed by atoms with Crippen molar-refractivity contribution < 1.29 is 17.9 Å². The summed E-state index contributed by atoms with van der Waals surface area (Å²) in [5.74, 6) is 0.336. The second-order valence-electron chi connectivity index (χ2n) is 6.14. The molecule has 140 valence electrons. The summed E-state index contributed by atoms with van der Waals surface area (Å²) in [6, 6.07) is 13.3. The number of ether oxygens (including phenoxy) is 1. The molecule has 0 aromatic heterocycles. The van der Waals surface area contributed by atoms with Gasteiger partial charge in [0.2, 0.25) is 10.0 Å². The first-order chi connectivity index (χ1) is 12.3. The van der Waals surface area contributed by atoms with Gasteiger partial charge in [-0.25, -0.2) is 8.42 Å². The Balaban J connectivity index is 2.18. The highest BCUT2D eigenvalue weighted by Gasteiger charge is 2.23. The number of sulfonamides is 1. The SMILES string of the molecule is COc1ccccc1CNC(=O)c1cccc(S(=O)(=O)N(C)C(C)C)c1. The fraction of sp³-hybridized carbons (Fsp3) is 0.316. The summed E-state index contributed by atoms with van der Waals surface area (Å²) < 4.78 is 31.7. The van der Waals surface area contributed by atoms with E-state index in [4.69, 9.17) is 4.74 Å². The van der Waals surface area contributed by atoms with E-state index in [1.54, 1.807) is 33.1 Å². The number of para-hydroxylation sites is 1. The van der Waals surface area contributed by atoms with Gasteiger partial charge in [-0.05, 0) is 38.1 Å². The number of carbonyl (C=O) groups excluding carboxylic acids is 1. The van der Waals surface area contributed by atoms with E-state index in [2.05, 4.69) is 5.32 Å². The summed E-state index contributed by atoms with van der Waals surface area (Å²) in [5, 5.41) is 2.79. The van der Waals surface area contributed by atoms with Crippen LogP contribution in [0.25, 0.3) is 0 Å². The van der Waals surface area contributed by atoms with Crippen LogP contribution in [0, 0.1) is 0 Å². The van der Waals surface area contributed by atoms with Gasteiger partial charge in [0.05, 0.1) is 12.0 Å². The first-order valence-corrected chi connectivity index (χ1v) is 9.69. The van der Waals surface area contributed by atoms with Gasteiger partial charge >= 0.3 is 0 Å². The Bertz CT molecular complexity index is 879. The maximum absolute atomic E-state index is 12.6. The van der Waals surface area contributed by atoms with Gasteiger partial charge in [-0.2, -0.15) is 4.31 Å². The zero-order valence-electron chi connectivity index (χ0n) is 15.4. The first kappa shape index (κ1) is 19.9. The van der Waals surface area contributed by atoms with Crippen LogP contribution in [0.3, 0.4) is 0 Å². The number of nitrogens with one attached hydrogen (secondary N) is 1. The van der Waals surface area contributed by atoms with Gasteiger partial charge in [-0.3, -0.25) is 4.79 Å². The van der Waals surface area contributed by atoms with E-state index < -0.39 is 10.0 Å². The molecule has 0 radical (unpaired) electrons. The van der Waals surface area contributed by atoms with Crippen LogP contribution in [0.15, 0.2) is 53.4 Å². The molecule has 0 heterocycles. The van der Waals surface area contributed by atoms with E-state index in [1.165, 1.54) is 23.5 Å². The molecule has 6 nitrogen and oxygen atoms in total. The lowest BCUT2D eigenvalue weighted by Crippen LogP contribution is -2.33. The van der Waals surface area contributed by atoms with Crippen molar-refractivity contribution in [3.8, 4) is 5.75 Å². The third kappa shape index (κ3) is 4.42. The van der Waals surface area contributed by atoms with E-state index in [0.29, 0.717) is 5.75 Å². The number of amides is 1. The number of rotatable bonds is 7. The standard InChI is InChI=1S/C19H24N2O4S/c1-14(2)21(3)26(23,24)17-10-7-9-15(12-17)19(22)20-13-16-8-5-6-11-18(16)25-4/h5-12,14H,13H2,1-4H3,(H,20,22). The quantitative estimate of drug-likeness (QED) is 0.806. The number of nitrogens with zero attached hydrogens (tertiary/aromatic N) is 1. The Morgan fingerprint density at radius 1 is 1.15 bits per heavy atom. The highest BCUT2D eigenvalue weighted by atomic mass is 32.2. The van der Waals surface area contributed by atoms with Crippen molar-refractivity contribution in [2.75, 3.05) is 14.2 Å².